The van der Waals surface area contributed by atoms with Gasteiger partial charge in [0.05, 0.1) is 16.7 Å². The number of rotatable bonds is 1. The Morgan fingerprint density at radius 1 is 0.321 bits per heavy atom. The van der Waals surface area contributed by atoms with E-state index in [-0.39, 0.29) is 0 Å². The third kappa shape index (κ3) is 2.29. The minimum absolute atomic E-state index is 1.94. The summed E-state index contributed by atoms with van der Waals surface area (Å²) in [4.78, 5) is 23.5. The lowest BCUT2D eigenvalue weighted by atomic mass is 9.85. The Balaban J connectivity index is 2.61. The molecule has 0 aliphatic heterocycles. The Labute approximate surface area is 146 Å². The fourth-order valence-corrected chi connectivity index (χ4v) is 2.58. The fourth-order valence-electron chi connectivity index (χ4n) is 2.58. The van der Waals surface area contributed by atoms with E-state index in [4.69, 9.17) is 0 Å². The van der Waals surface area contributed by atoms with Crippen LogP contribution in [0.3, 0.4) is 0 Å². The Morgan fingerprint density at radius 3 is 1.07 bits per heavy atom. The fraction of sp³-hybridized carbons (Fsp3) is 0. The maximum absolute atomic E-state index is 14.2. The number of hydrogen-bond acceptors (Lipinski definition) is 2. The van der Waals surface area contributed by atoms with Gasteiger partial charge in [-0.05, 0) is 0 Å². The second-order valence-electron chi connectivity index (χ2n) is 5.30. The molecule has 0 unspecified atom stereocenters. The van der Waals surface area contributed by atoms with E-state index in [1.165, 1.54) is 0 Å². The summed E-state index contributed by atoms with van der Waals surface area (Å²) in [5.74, 6) is -31.3. The van der Waals surface area contributed by atoms with E-state index in [1.807, 2.05) is 0 Å². The van der Waals surface area contributed by atoms with Crippen LogP contribution in [0.1, 0.15) is 20.7 Å². The molecule has 2 aromatic rings. The molecule has 1 aliphatic rings. The van der Waals surface area contributed by atoms with Crippen LogP contribution in [0.25, 0.3) is 11.1 Å². The summed E-state index contributed by atoms with van der Waals surface area (Å²) in [6.45, 7) is 0. The predicted octanol–water partition coefficient (Wildman–Crippen LogP) is 5.00. The molecule has 0 N–H and O–H groups in total. The third-order valence-electron chi connectivity index (χ3n) is 3.83. The van der Waals surface area contributed by atoms with Crippen LogP contribution >= 0.6 is 0 Å². The van der Waals surface area contributed by atoms with Crippen LogP contribution < -0.4 is 0 Å². The van der Waals surface area contributed by atoms with E-state index in [2.05, 4.69) is 0 Å². The highest BCUT2D eigenvalue weighted by molar-refractivity contribution is 6.27. The monoisotopic (exact) mass is 414 g/mol. The Bertz CT molecular complexity index is 1120. The van der Waals surface area contributed by atoms with Crippen molar-refractivity contribution in [1.82, 2.24) is 0 Å². The highest BCUT2D eigenvalue weighted by Crippen LogP contribution is 2.42. The van der Waals surface area contributed by atoms with Gasteiger partial charge in [-0.1, -0.05) is 0 Å². The first-order valence-electron chi connectivity index (χ1n) is 6.80. The molecule has 0 spiro atoms. The molecular weight excluding hydrogens is 414 g/mol. The SMILES string of the molecule is O=C1C(F)=C(F)C(=O)c2c1c(F)c(F)c(F)c2-c1c(F)c(F)c(F)c(F)c1F. The average Bonchev–Trinajstić information content (AvgIpc) is 2.67. The minimum Gasteiger partial charge on any atom is -0.286 e. The topological polar surface area (TPSA) is 34.1 Å². The second kappa shape index (κ2) is 6.17. The Kier molecular flexibility index (Phi) is 4.32. The van der Waals surface area contributed by atoms with Gasteiger partial charge >= 0.3 is 0 Å². The summed E-state index contributed by atoms with van der Waals surface area (Å²) in [6.07, 6.45) is 0. The summed E-state index contributed by atoms with van der Waals surface area (Å²) < 4.78 is 137. The van der Waals surface area contributed by atoms with Gasteiger partial charge in [-0.15, -0.1) is 0 Å². The highest BCUT2D eigenvalue weighted by Gasteiger charge is 2.43. The van der Waals surface area contributed by atoms with Crippen molar-refractivity contribution < 1.29 is 53.5 Å². The van der Waals surface area contributed by atoms with Crippen molar-refractivity contribution in [2.75, 3.05) is 0 Å². The van der Waals surface area contributed by atoms with Gasteiger partial charge in [-0.2, -0.15) is 8.78 Å². The van der Waals surface area contributed by atoms with Crippen LogP contribution in [0.4, 0.5) is 43.9 Å². The number of benzene rings is 2. The second-order valence-corrected chi connectivity index (χ2v) is 5.30. The first-order chi connectivity index (χ1) is 12.9. The highest BCUT2D eigenvalue weighted by atomic mass is 19.2. The van der Waals surface area contributed by atoms with Crippen LogP contribution in [0.2, 0.25) is 0 Å². The van der Waals surface area contributed by atoms with E-state index < -0.39 is 92.0 Å². The summed E-state index contributed by atoms with van der Waals surface area (Å²) >= 11 is 0. The number of fused-ring (bicyclic) bond motifs is 1. The number of ketones is 2. The minimum atomic E-state index is -2.75. The Morgan fingerprint density at radius 2 is 0.607 bits per heavy atom. The lowest BCUT2D eigenvalue weighted by molar-refractivity contribution is 0.0927. The van der Waals surface area contributed by atoms with Gasteiger partial charge in [-0.25, -0.2) is 35.1 Å². The normalized spacial score (nSPS) is 14.1. The number of carbonyl (C=O) groups excluding carboxylic acids is 2. The van der Waals surface area contributed by atoms with Gasteiger partial charge in [0.1, 0.15) is 0 Å². The molecule has 0 atom stereocenters. The maximum atomic E-state index is 14.2. The van der Waals surface area contributed by atoms with E-state index in [9.17, 15) is 53.5 Å². The van der Waals surface area contributed by atoms with Crippen molar-refractivity contribution in [1.29, 1.82) is 0 Å². The quantitative estimate of drug-likeness (QED) is 0.374. The maximum Gasteiger partial charge on any atom is 0.228 e. The molecule has 2 nitrogen and oxygen atoms in total. The van der Waals surface area contributed by atoms with Crippen molar-refractivity contribution in [2.24, 2.45) is 0 Å². The molecule has 0 heterocycles. The van der Waals surface area contributed by atoms with E-state index in [1.54, 1.807) is 0 Å². The zero-order valence-electron chi connectivity index (χ0n) is 12.6. The molecular formula is C16F10O2. The zero-order valence-corrected chi connectivity index (χ0v) is 12.6. The zero-order chi connectivity index (χ0) is 21.2. The van der Waals surface area contributed by atoms with Crippen molar-refractivity contribution >= 4 is 11.6 Å². The number of Topliss-reactive ketones (excluding diaryl/α,β-unsaturated/α-hetero) is 2. The third-order valence-corrected chi connectivity index (χ3v) is 3.83. The van der Waals surface area contributed by atoms with Crippen molar-refractivity contribution in [3.63, 3.8) is 0 Å². The molecule has 2 aromatic carbocycles. The summed E-state index contributed by atoms with van der Waals surface area (Å²) in [5, 5.41) is 0. The van der Waals surface area contributed by atoms with Gasteiger partial charge in [0, 0.05) is 5.56 Å². The van der Waals surface area contributed by atoms with E-state index >= 15 is 0 Å². The number of hydrogen-bond donors (Lipinski definition) is 0. The molecule has 0 amide bonds. The molecule has 0 radical (unpaired) electrons. The van der Waals surface area contributed by atoms with Crippen LogP contribution in [0, 0.1) is 46.5 Å². The van der Waals surface area contributed by atoms with Crippen LogP contribution in [0.15, 0.2) is 11.7 Å². The molecule has 0 saturated carbocycles. The number of halogens is 10. The van der Waals surface area contributed by atoms with Gasteiger partial charge in [-0.3, -0.25) is 9.59 Å². The first-order valence-corrected chi connectivity index (χ1v) is 6.80. The van der Waals surface area contributed by atoms with Crippen molar-refractivity contribution in [3.8, 4) is 11.1 Å². The van der Waals surface area contributed by atoms with Gasteiger partial charge < -0.3 is 0 Å². The molecule has 1 aliphatic carbocycles. The standard InChI is InChI=1S/C16F10O2/c17-5-1(3-6(18)10(22)12(24)11(23)7(3)19)2-4(8(20)9(5)21)16(28)14(26)13(25)15(2)27. The van der Waals surface area contributed by atoms with Gasteiger partial charge in [0.15, 0.2) is 40.7 Å². The predicted molar refractivity (Wildman–Crippen MR) is 69.4 cm³/mol. The van der Waals surface area contributed by atoms with Gasteiger partial charge in [0.25, 0.3) is 0 Å². The molecule has 28 heavy (non-hydrogen) atoms. The molecule has 146 valence electrons. The van der Waals surface area contributed by atoms with Gasteiger partial charge in [0.2, 0.25) is 29.0 Å². The molecule has 3 rings (SSSR count). The summed E-state index contributed by atoms with van der Waals surface area (Å²) in [6, 6.07) is 0. The first kappa shape index (κ1) is 19.6. The van der Waals surface area contributed by atoms with Crippen LogP contribution in [0.5, 0.6) is 0 Å². The molecule has 12 heteroatoms. The Hall–Kier alpha value is -3.18. The van der Waals surface area contributed by atoms with Crippen LogP contribution in [-0.4, -0.2) is 11.6 Å². The van der Waals surface area contributed by atoms with E-state index in [0.29, 0.717) is 0 Å². The smallest absolute Gasteiger partial charge is 0.228 e. The van der Waals surface area contributed by atoms with Crippen LogP contribution in [-0.2, 0) is 0 Å². The molecule has 0 saturated heterocycles. The summed E-state index contributed by atoms with van der Waals surface area (Å²) in [7, 11) is 0. The molecule has 0 fully saturated rings. The average molecular weight is 414 g/mol. The lowest BCUT2D eigenvalue weighted by Gasteiger charge is -2.19. The molecule has 0 aromatic heterocycles. The largest absolute Gasteiger partial charge is 0.286 e. The number of allylic oxidation sites excluding steroid dienone is 2. The van der Waals surface area contributed by atoms with Crippen molar-refractivity contribution in [2.45, 2.75) is 0 Å². The van der Waals surface area contributed by atoms with E-state index in [0.717, 1.165) is 0 Å². The molecule has 0 bridgehead atoms. The number of carbonyl (C=O) groups is 2. The van der Waals surface area contributed by atoms with Crippen molar-refractivity contribution in [3.05, 3.63) is 69.3 Å². The summed E-state index contributed by atoms with van der Waals surface area (Å²) in [5.41, 5.74) is -8.33. The lowest BCUT2D eigenvalue weighted by Crippen LogP contribution is -2.24.